The van der Waals surface area contributed by atoms with Crippen molar-refractivity contribution in [3.05, 3.63) is 23.9 Å². The first kappa shape index (κ1) is 10.2. The highest BCUT2D eigenvalue weighted by Gasteiger charge is 2.17. The summed E-state index contributed by atoms with van der Waals surface area (Å²) in [5.41, 5.74) is 1.23. The average Bonchev–Trinajstić information content (AvgIpc) is 2.21. The molecule has 3 heteroatoms. The number of aromatic nitrogens is 1. The minimum absolute atomic E-state index is 0.856. The van der Waals surface area contributed by atoms with Gasteiger partial charge in [0.05, 0.1) is 0 Å². The number of nitrogens with zero attached hydrogens (tertiary/aromatic N) is 2. The van der Waals surface area contributed by atoms with Gasteiger partial charge in [0, 0.05) is 23.2 Å². The lowest BCUT2D eigenvalue weighted by Crippen LogP contribution is -2.34. The maximum atomic E-state index is 4.45. The molecule has 1 aliphatic heterocycles. The number of anilines is 1. The highest BCUT2D eigenvalue weighted by atomic mass is 127. The molecule has 0 radical (unpaired) electrons. The molecule has 0 bridgehead atoms. The Balaban J connectivity index is 2.05. The third-order valence-electron chi connectivity index (χ3n) is 2.64. The van der Waals surface area contributed by atoms with E-state index in [1.165, 1.54) is 18.4 Å². The molecule has 0 amide bonds. The summed E-state index contributed by atoms with van der Waals surface area (Å²) < 4.78 is 0.856. The maximum Gasteiger partial charge on any atom is 0.128 e. The van der Waals surface area contributed by atoms with Crippen LogP contribution in [0.25, 0.3) is 0 Å². The van der Waals surface area contributed by atoms with Crippen molar-refractivity contribution in [2.45, 2.75) is 23.7 Å². The fourth-order valence-electron chi connectivity index (χ4n) is 1.72. The molecule has 0 saturated carbocycles. The lowest BCUT2D eigenvalue weighted by Gasteiger charge is -2.30. The van der Waals surface area contributed by atoms with Crippen LogP contribution in [0.4, 0.5) is 5.82 Å². The van der Waals surface area contributed by atoms with Gasteiger partial charge >= 0.3 is 0 Å². The molecule has 1 fully saturated rings. The van der Waals surface area contributed by atoms with Crippen LogP contribution in [0.5, 0.6) is 0 Å². The van der Waals surface area contributed by atoms with Crippen molar-refractivity contribution in [1.82, 2.24) is 4.98 Å². The molecule has 1 aromatic rings. The van der Waals surface area contributed by atoms with E-state index in [2.05, 4.69) is 51.5 Å². The van der Waals surface area contributed by atoms with Crippen molar-refractivity contribution < 1.29 is 0 Å². The van der Waals surface area contributed by atoms with Crippen LogP contribution in [0.1, 0.15) is 18.4 Å². The lowest BCUT2D eigenvalue weighted by molar-refractivity contribution is 0.600. The van der Waals surface area contributed by atoms with Gasteiger partial charge in [0.25, 0.3) is 0 Å². The largest absolute Gasteiger partial charge is 0.357 e. The highest BCUT2D eigenvalue weighted by Crippen LogP contribution is 2.21. The van der Waals surface area contributed by atoms with Crippen LogP contribution in [-0.2, 0) is 0 Å². The highest BCUT2D eigenvalue weighted by molar-refractivity contribution is 14.1. The number of aryl methyl sites for hydroxylation is 1. The number of halogens is 1. The molecule has 0 N–H and O–H groups in total. The van der Waals surface area contributed by atoms with Crippen LogP contribution < -0.4 is 4.90 Å². The molecule has 0 spiro atoms. The molecule has 0 aliphatic carbocycles. The summed E-state index contributed by atoms with van der Waals surface area (Å²) in [5.74, 6) is 1.14. The fraction of sp³-hybridized carbons (Fsp3) is 0.545. The molecule has 14 heavy (non-hydrogen) atoms. The summed E-state index contributed by atoms with van der Waals surface area (Å²) >= 11 is 2.54. The number of alkyl halides is 1. The third-order valence-corrected chi connectivity index (χ3v) is 3.89. The summed E-state index contributed by atoms with van der Waals surface area (Å²) in [6, 6.07) is 4.27. The first-order valence-corrected chi connectivity index (χ1v) is 6.32. The standard InChI is InChI=1S/C11H15IN2/c1-9-2-3-11(13-8-9)14-6-4-10(12)5-7-14/h2-3,8,10H,4-7H2,1H3. The van der Waals surface area contributed by atoms with Gasteiger partial charge < -0.3 is 4.90 Å². The van der Waals surface area contributed by atoms with Crippen LogP contribution in [0, 0.1) is 6.92 Å². The van der Waals surface area contributed by atoms with E-state index >= 15 is 0 Å². The molecule has 76 valence electrons. The monoisotopic (exact) mass is 302 g/mol. The molecule has 0 unspecified atom stereocenters. The van der Waals surface area contributed by atoms with Crippen LogP contribution in [-0.4, -0.2) is 22.0 Å². The molecule has 1 aliphatic rings. The second-order valence-electron chi connectivity index (χ2n) is 3.86. The molecular weight excluding hydrogens is 287 g/mol. The first-order valence-electron chi connectivity index (χ1n) is 5.07. The van der Waals surface area contributed by atoms with E-state index in [1.54, 1.807) is 0 Å². The van der Waals surface area contributed by atoms with E-state index in [-0.39, 0.29) is 0 Å². The molecule has 2 nitrogen and oxygen atoms in total. The summed E-state index contributed by atoms with van der Waals surface area (Å²) in [6.07, 6.45) is 4.53. The summed E-state index contributed by atoms with van der Waals surface area (Å²) in [5, 5.41) is 0. The predicted molar refractivity (Wildman–Crippen MR) is 68.2 cm³/mol. The molecule has 1 saturated heterocycles. The molecule has 1 aromatic heterocycles. The fourth-order valence-corrected chi connectivity index (χ4v) is 2.28. The number of hydrogen-bond donors (Lipinski definition) is 0. The molecular formula is C11H15IN2. The number of rotatable bonds is 1. The Hall–Kier alpha value is -0.320. The summed E-state index contributed by atoms with van der Waals surface area (Å²) in [4.78, 5) is 6.83. The van der Waals surface area contributed by atoms with Gasteiger partial charge in [-0.1, -0.05) is 28.7 Å². The Morgan fingerprint density at radius 3 is 2.64 bits per heavy atom. The van der Waals surface area contributed by atoms with Gasteiger partial charge in [-0.25, -0.2) is 4.98 Å². The van der Waals surface area contributed by atoms with E-state index in [1.807, 2.05) is 6.20 Å². The van der Waals surface area contributed by atoms with Crippen LogP contribution in [0.15, 0.2) is 18.3 Å². The van der Waals surface area contributed by atoms with Gasteiger partial charge in [0.1, 0.15) is 5.82 Å². The second kappa shape index (κ2) is 4.47. The van der Waals surface area contributed by atoms with Crippen molar-refractivity contribution in [3.8, 4) is 0 Å². The molecule has 2 rings (SSSR count). The van der Waals surface area contributed by atoms with E-state index < -0.39 is 0 Å². The number of hydrogen-bond acceptors (Lipinski definition) is 2. The Labute approximate surface area is 98.9 Å². The van der Waals surface area contributed by atoms with Gasteiger partial charge in [-0.2, -0.15) is 0 Å². The van der Waals surface area contributed by atoms with Gasteiger partial charge in [-0.15, -0.1) is 0 Å². The van der Waals surface area contributed by atoms with E-state index in [0.717, 1.165) is 22.8 Å². The van der Waals surface area contributed by atoms with Gasteiger partial charge in [0.15, 0.2) is 0 Å². The van der Waals surface area contributed by atoms with Gasteiger partial charge in [-0.3, -0.25) is 0 Å². The van der Waals surface area contributed by atoms with Crippen LogP contribution in [0.3, 0.4) is 0 Å². The van der Waals surface area contributed by atoms with Gasteiger partial charge in [0.2, 0.25) is 0 Å². The Kier molecular flexibility index (Phi) is 3.26. The normalized spacial score (nSPS) is 18.6. The number of piperidine rings is 1. The molecule has 0 atom stereocenters. The van der Waals surface area contributed by atoms with E-state index in [0.29, 0.717) is 0 Å². The molecule has 2 heterocycles. The van der Waals surface area contributed by atoms with Gasteiger partial charge in [-0.05, 0) is 31.4 Å². The number of pyridine rings is 1. The minimum Gasteiger partial charge on any atom is -0.357 e. The zero-order chi connectivity index (χ0) is 9.97. The zero-order valence-corrected chi connectivity index (χ0v) is 10.6. The Morgan fingerprint density at radius 1 is 1.36 bits per heavy atom. The van der Waals surface area contributed by atoms with Crippen molar-refractivity contribution in [3.63, 3.8) is 0 Å². The van der Waals surface area contributed by atoms with Crippen LogP contribution >= 0.6 is 22.6 Å². The topological polar surface area (TPSA) is 16.1 Å². The Bertz CT molecular complexity index is 289. The van der Waals surface area contributed by atoms with Crippen molar-refractivity contribution >= 4 is 28.4 Å². The SMILES string of the molecule is Cc1ccc(N2CCC(I)CC2)nc1. The average molecular weight is 302 g/mol. The minimum atomic E-state index is 0.856. The summed E-state index contributed by atoms with van der Waals surface area (Å²) in [7, 11) is 0. The van der Waals surface area contributed by atoms with Crippen molar-refractivity contribution in [2.24, 2.45) is 0 Å². The van der Waals surface area contributed by atoms with E-state index in [9.17, 15) is 0 Å². The third kappa shape index (κ3) is 2.38. The van der Waals surface area contributed by atoms with Crippen molar-refractivity contribution in [2.75, 3.05) is 18.0 Å². The first-order chi connectivity index (χ1) is 6.75. The van der Waals surface area contributed by atoms with Crippen molar-refractivity contribution in [1.29, 1.82) is 0 Å². The zero-order valence-electron chi connectivity index (χ0n) is 8.41. The molecule has 0 aromatic carbocycles. The quantitative estimate of drug-likeness (QED) is 0.586. The Morgan fingerprint density at radius 2 is 2.07 bits per heavy atom. The predicted octanol–water partition coefficient (Wildman–Crippen LogP) is 2.79. The van der Waals surface area contributed by atoms with E-state index in [4.69, 9.17) is 0 Å². The van der Waals surface area contributed by atoms with Crippen LogP contribution in [0.2, 0.25) is 0 Å². The maximum absolute atomic E-state index is 4.45. The second-order valence-corrected chi connectivity index (χ2v) is 5.62. The lowest BCUT2D eigenvalue weighted by atomic mass is 10.1. The smallest absolute Gasteiger partial charge is 0.128 e. The summed E-state index contributed by atoms with van der Waals surface area (Å²) in [6.45, 7) is 4.39.